The Balaban J connectivity index is 3.48. The van der Waals surface area contributed by atoms with E-state index in [4.69, 9.17) is 5.26 Å². The van der Waals surface area contributed by atoms with Crippen LogP contribution in [0.15, 0.2) is 12.1 Å². The highest BCUT2D eigenvalue weighted by molar-refractivity contribution is 5.90. The van der Waals surface area contributed by atoms with E-state index in [0.29, 0.717) is 6.29 Å². The molecule has 0 saturated carbocycles. The van der Waals surface area contributed by atoms with Crippen molar-refractivity contribution in [2.45, 2.75) is 0 Å². The molecule has 0 amide bonds. The third-order valence-corrected chi connectivity index (χ3v) is 1.54. The Bertz CT molecular complexity index is 407. The topological polar surface area (TPSA) is 57.9 Å². The number of carbonyl (C=O) groups excluding carboxylic acids is 2. The minimum absolute atomic E-state index is 0.0187. The van der Waals surface area contributed by atoms with Crippen LogP contribution in [-0.2, 0) is 0 Å². The van der Waals surface area contributed by atoms with Crippen molar-refractivity contribution in [1.82, 2.24) is 0 Å². The summed E-state index contributed by atoms with van der Waals surface area (Å²) >= 11 is 0. The van der Waals surface area contributed by atoms with E-state index in [1.165, 1.54) is 6.07 Å². The van der Waals surface area contributed by atoms with E-state index in [-0.39, 0.29) is 23.0 Å². The molecule has 0 radical (unpaired) electrons. The molecule has 3 nitrogen and oxygen atoms in total. The molecule has 0 heterocycles. The highest BCUT2D eigenvalue weighted by Crippen LogP contribution is 2.12. The highest BCUT2D eigenvalue weighted by Gasteiger charge is 2.09. The van der Waals surface area contributed by atoms with Crippen molar-refractivity contribution in [3.63, 3.8) is 0 Å². The first kappa shape index (κ1) is 9.07. The summed E-state index contributed by atoms with van der Waals surface area (Å²) in [6.07, 6.45) is 0.591. The van der Waals surface area contributed by atoms with Crippen LogP contribution in [-0.4, -0.2) is 12.6 Å². The van der Waals surface area contributed by atoms with E-state index in [0.717, 1.165) is 6.07 Å². The van der Waals surface area contributed by atoms with Crippen molar-refractivity contribution in [2.24, 2.45) is 0 Å². The second-order valence-corrected chi connectivity index (χ2v) is 2.31. The molecule has 1 aromatic carbocycles. The Kier molecular flexibility index (Phi) is 2.50. The molecule has 0 saturated heterocycles. The maximum Gasteiger partial charge on any atom is 0.153 e. The summed E-state index contributed by atoms with van der Waals surface area (Å²) in [4.78, 5) is 20.7. The van der Waals surface area contributed by atoms with E-state index < -0.39 is 5.82 Å². The Morgan fingerprint density at radius 3 is 2.46 bits per heavy atom. The number of hydrogen-bond acceptors (Lipinski definition) is 3. The molecule has 13 heavy (non-hydrogen) atoms. The smallest absolute Gasteiger partial charge is 0.153 e. The second-order valence-electron chi connectivity index (χ2n) is 2.31. The SMILES string of the molecule is N#Cc1cc(F)c(C=O)c(C=O)c1. The molecule has 0 bridgehead atoms. The molecule has 0 aliphatic rings. The van der Waals surface area contributed by atoms with Gasteiger partial charge in [0.2, 0.25) is 0 Å². The number of benzene rings is 1. The zero-order valence-corrected chi connectivity index (χ0v) is 6.45. The van der Waals surface area contributed by atoms with Gasteiger partial charge in [-0.05, 0) is 12.1 Å². The van der Waals surface area contributed by atoms with Gasteiger partial charge in [-0.3, -0.25) is 9.59 Å². The Morgan fingerprint density at radius 2 is 2.00 bits per heavy atom. The first-order valence-electron chi connectivity index (χ1n) is 3.37. The minimum Gasteiger partial charge on any atom is -0.298 e. The van der Waals surface area contributed by atoms with E-state index in [9.17, 15) is 14.0 Å². The molecule has 1 aromatic rings. The van der Waals surface area contributed by atoms with Crippen LogP contribution in [0, 0.1) is 17.1 Å². The first-order chi connectivity index (χ1) is 6.22. The summed E-state index contributed by atoms with van der Waals surface area (Å²) in [6.45, 7) is 0. The van der Waals surface area contributed by atoms with Gasteiger partial charge < -0.3 is 0 Å². The maximum atomic E-state index is 12.9. The first-order valence-corrected chi connectivity index (χ1v) is 3.37. The zero-order valence-electron chi connectivity index (χ0n) is 6.45. The van der Waals surface area contributed by atoms with Crippen molar-refractivity contribution < 1.29 is 14.0 Å². The third-order valence-electron chi connectivity index (χ3n) is 1.54. The average molecular weight is 177 g/mol. The molecule has 0 fully saturated rings. The number of carbonyl (C=O) groups is 2. The standard InChI is InChI=1S/C9H4FNO2/c10-9-2-6(3-11)1-7(4-12)8(9)5-13/h1-2,4-5H. The number of nitrogens with zero attached hydrogens (tertiary/aromatic N) is 1. The fourth-order valence-electron chi connectivity index (χ4n) is 0.925. The van der Waals surface area contributed by atoms with Gasteiger partial charge in [-0.25, -0.2) is 4.39 Å². The normalized spacial score (nSPS) is 8.92. The van der Waals surface area contributed by atoms with Crippen molar-refractivity contribution in [2.75, 3.05) is 0 Å². The third kappa shape index (κ3) is 1.59. The fraction of sp³-hybridized carbons (Fsp3) is 0. The number of nitriles is 1. The van der Waals surface area contributed by atoms with E-state index in [1.807, 2.05) is 0 Å². The fourth-order valence-corrected chi connectivity index (χ4v) is 0.925. The summed E-state index contributed by atoms with van der Waals surface area (Å²) in [6, 6.07) is 3.76. The Morgan fingerprint density at radius 1 is 1.31 bits per heavy atom. The second kappa shape index (κ2) is 3.59. The maximum absolute atomic E-state index is 12.9. The lowest BCUT2D eigenvalue weighted by Crippen LogP contribution is -1.96. The molecule has 0 spiro atoms. The molecule has 0 aliphatic carbocycles. The van der Waals surface area contributed by atoms with Crippen LogP contribution in [0.4, 0.5) is 4.39 Å². The van der Waals surface area contributed by atoms with Gasteiger partial charge in [0.25, 0.3) is 0 Å². The van der Waals surface area contributed by atoms with Crippen molar-refractivity contribution in [1.29, 1.82) is 5.26 Å². The van der Waals surface area contributed by atoms with Gasteiger partial charge >= 0.3 is 0 Å². The molecule has 4 heteroatoms. The van der Waals surface area contributed by atoms with Gasteiger partial charge in [0.1, 0.15) is 5.82 Å². The van der Waals surface area contributed by atoms with Gasteiger partial charge in [0, 0.05) is 5.56 Å². The van der Waals surface area contributed by atoms with E-state index >= 15 is 0 Å². The molecule has 1 rings (SSSR count). The Labute approximate surface area is 73.4 Å². The summed E-state index contributed by atoms with van der Waals surface area (Å²) < 4.78 is 12.9. The van der Waals surface area contributed by atoms with Crippen LogP contribution in [0.3, 0.4) is 0 Å². The summed E-state index contributed by atoms with van der Waals surface area (Å²) in [5, 5.41) is 8.42. The van der Waals surface area contributed by atoms with Gasteiger partial charge in [-0.1, -0.05) is 0 Å². The lowest BCUT2D eigenvalue weighted by atomic mass is 10.1. The van der Waals surface area contributed by atoms with Gasteiger partial charge in [0.05, 0.1) is 17.2 Å². The minimum atomic E-state index is -0.851. The Hall–Kier alpha value is -2.02. The summed E-state index contributed by atoms with van der Waals surface area (Å²) in [7, 11) is 0. The predicted molar refractivity (Wildman–Crippen MR) is 41.9 cm³/mol. The summed E-state index contributed by atoms with van der Waals surface area (Å²) in [5.74, 6) is -0.851. The van der Waals surface area contributed by atoms with Crippen LogP contribution in [0.25, 0.3) is 0 Å². The summed E-state index contributed by atoms with van der Waals surface area (Å²) in [5.41, 5.74) is -0.397. The largest absolute Gasteiger partial charge is 0.298 e. The van der Waals surface area contributed by atoms with Gasteiger partial charge in [0.15, 0.2) is 12.6 Å². The number of hydrogen-bond donors (Lipinski definition) is 0. The molecular formula is C9H4FNO2. The number of rotatable bonds is 2. The molecule has 0 N–H and O–H groups in total. The molecule has 0 aromatic heterocycles. The van der Waals surface area contributed by atoms with Crippen LogP contribution < -0.4 is 0 Å². The van der Waals surface area contributed by atoms with Crippen LogP contribution >= 0.6 is 0 Å². The van der Waals surface area contributed by atoms with Gasteiger partial charge in [-0.15, -0.1) is 0 Å². The highest BCUT2D eigenvalue weighted by atomic mass is 19.1. The van der Waals surface area contributed by atoms with Crippen LogP contribution in [0.2, 0.25) is 0 Å². The lowest BCUT2D eigenvalue weighted by molar-refractivity contribution is 0.109. The van der Waals surface area contributed by atoms with Crippen LogP contribution in [0.5, 0.6) is 0 Å². The predicted octanol–water partition coefficient (Wildman–Crippen LogP) is 1.32. The molecule has 0 unspecified atom stereocenters. The van der Waals surface area contributed by atoms with Crippen molar-refractivity contribution in [3.8, 4) is 6.07 Å². The van der Waals surface area contributed by atoms with E-state index in [1.54, 1.807) is 6.07 Å². The number of halogens is 1. The molecule has 0 aliphatic heterocycles. The van der Waals surface area contributed by atoms with Crippen molar-refractivity contribution >= 4 is 12.6 Å². The van der Waals surface area contributed by atoms with Crippen LogP contribution in [0.1, 0.15) is 26.3 Å². The van der Waals surface area contributed by atoms with E-state index in [2.05, 4.69) is 0 Å². The van der Waals surface area contributed by atoms with Crippen molar-refractivity contribution in [3.05, 3.63) is 34.6 Å². The average Bonchev–Trinajstić information content (AvgIpc) is 2.16. The lowest BCUT2D eigenvalue weighted by Gasteiger charge is -1.98. The zero-order chi connectivity index (χ0) is 9.84. The molecular weight excluding hydrogens is 173 g/mol. The molecule has 64 valence electrons. The number of aldehydes is 2. The monoisotopic (exact) mass is 177 g/mol. The molecule has 0 atom stereocenters. The van der Waals surface area contributed by atoms with Gasteiger partial charge in [-0.2, -0.15) is 5.26 Å². The quantitative estimate of drug-likeness (QED) is 0.640.